The fourth-order valence-corrected chi connectivity index (χ4v) is 3.22. The number of aromatic hydroxyl groups is 1. The van der Waals surface area contributed by atoms with Crippen LogP contribution < -0.4 is 10.1 Å². The Bertz CT molecular complexity index is 982. The standard InChI is InChI=1S/C19H16FN3O3/c1-26-17-7-2-11(8-16(17)24)14-9-18(25)22-19-15(14)10-21-23(19)13-5-3-12(20)4-6-13/h2-8,10,14,24H,9H2,1H3,(H,22,25). The van der Waals surface area contributed by atoms with Crippen molar-refractivity contribution < 1.29 is 19.0 Å². The third kappa shape index (κ3) is 2.67. The summed E-state index contributed by atoms with van der Waals surface area (Å²) in [5.74, 6) is 0.199. The zero-order valence-corrected chi connectivity index (χ0v) is 13.9. The van der Waals surface area contributed by atoms with E-state index in [0.29, 0.717) is 17.3 Å². The number of rotatable bonds is 3. The van der Waals surface area contributed by atoms with Gasteiger partial charge in [0.25, 0.3) is 0 Å². The molecular formula is C19H16FN3O3. The van der Waals surface area contributed by atoms with Crippen LogP contribution in [0.2, 0.25) is 0 Å². The van der Waals surface area contributed by atoms with Gasteiger partial charge in [-0.3, -0.25) is 4.79 Å². The Labute approximate surface area is 148 Å². The van der Waals surface area contributed by atoms with Crippen molar-refractivity contribution in [2.75, 3.05) is 12.4 Å². The molecule has 132 valence electrons. The second kappa shape index (κ2) is 6.18. The van der Waals surface area contributed by atoms with Gasteiger partial charge in [-0.05, 0) is 42.0 Å². The molecule has 1 atom stereocenters. The number of halogens is 1. The van der Waals surface area contributed by atoms with E-state index in [1.165, 1.54) is 19.2 Å². The molecule has 0 radical (unpaired) electrons. The van der Waals surface area contributed by atoms with Crippen LogP contribution in [0.25, 0.3) is 5.69 Å². The predicted octanol–water partition coefficient (Wildman–Crippen LogP) is 3.20. The first-order valence-electron chi connectivity index (χ1n) is 8.07. The number of fused-ring (bicyclic) bond motifs is 1. The van der Waals surface area contributed by atoms with E-state index in [4.69, 9.17) is 4.74 Å². The number of phenols is 1. The molecule has 2 heterocycles. The highest BCUT2D eigenvalue weighted by atomic mass is 19.1. The molecule has 3 aromatic rings. The lowest BCUT2D eigenvalue weighted by Gasteiger charge is -2.24. The van der Waals surface area contributed by atoms with Crippen LogP contribution in [0.3, 0.4) is 0 Å². The normalized spacial score (nSPS) is 16.1. The number of methoxy groups -OCH3 is 1. The highest BCUT2D eigenvalue weighted by molar-refractivity contribution is 5.94. The van der Waals surface area contributed by atoms with Gasteiger partial charge in [-0.2, -0.15) is 5.10 Å². The van der Waals surface area contributed by atoms with Gasteiger partial charge in [-0.25, -0.2) is 9.07 Å². The van der Waals surface area contributed by atoms with Crippen LogP contribution >= 0.6 is 0 Å². The number of carbonyl (C=O) groups excluding carboxylic acids is 1. The molecule has 0 bridgehead atoms. The van der Waals surface area contributed by atoms with E-state index in [9.17, 15) is 14.3 Å². The van der Waals surface area contributed by atoms with Crippen molar-refractivity contribution in [3.8, 4) is 17.2 Å². The molecule has 0 fully saturated rings. The van der Waals surface area contributed by atoms with Crippen molar-refractivity contribution >= 4 is 11.7 Å². The Morgan fingerprint density at radius 1 is 1.27 bits per heavy atom. The molecule has 0 saturated heterocycles. The number of nitrogens with zero attached hydrogens (tertiary/aromatic N) is 2. The quantitative estimate of drug-likeness (QED) is 0.758. The molecule has 6 nitrogen and oxygen atoms in total. The molecule has 1 aliphatic rings. The van der Waals surface area contributed by atoms with Crippen LogP contribution in [0.4, 0.5) is 10.2 Å². The maximum atomic E-state index is 13.2. The van der Waals surface area contributed by atoms with Crippen molar-refractivity contribution in [1.29, 1.82) is 0 Å². The number of anilines is 1. The van der Waals surface area contributed by atoms with E-state index in [-0.39, 0.29) is 29.8 Å². The second-order valence-corrected chi connectivity index (χ2v) is 6.07. The summed E-state index contributed by atoms with van der Waals surface area (Å²) < 4.78 is 19.8. The minimum absolute atomic E-state index is 0.0171. The Balaban J connectivity index is 1.78. The number of hydrogen-bond donors (Lipinski definition) is 2. The maximum Gasteiger partial charge on any atom is 0.226 e. The van der Waals surface area contributed by atoms with Crippen LogP contribution in [0.5, 0.6) is 11.5 Å². The zero-order valence-electron chi connectivity index (χ0n) is 13.9. The smallest absolute Gasteiger partial charge is 0.226 e. The lowest BCUT2D eigenvalue weighted by molar-refractivity contribution is -0.116. The molecule has 0 aliphatic carbocycles. The summed E-state index contributed by atoms with van der Waals surface area (Å²) >= 11 is 0. The van der Waals surface area contributed by atoms with Gasteiger partial charge in [-0.15, -0.1) is 0 Å². The van der Waals surface area contributed by atoms with E-state index in [1.807, 2.05) is 6.07 Å². The van der Waals surface area contributed by atoms with Crippen LogP contribution in [0, 0.1) is 5.82 Å². The average molecular weight is 353 g/mol. The number of carbonyl (C=O) groups is 1. The van der Waals surface area contributed by atoms with Crippen molar-refractivity contribution in [1.82, 2.24) is 9.78 Å². The van der Waals surface area contributed by atoms with E-state index in [1.54, 1.807) is 35.1 Å². The number of ether oxygens (including phenoxy) is 1. The minimum Gasteiger partial charge on any atom is -0.504 e. The third-order valence-corrected chi connectivity index (χ3v) is 4.50. The fourth-order valence-electron chi connectivity index (χ4n) is 3.22. The number of phenolic OH excluding ortho intramolecular Hbond substituents is 1. The number of nitrogens with one attached hydrogen (secondary N) is 1. The van der Waals surface area contributed by atoms with Gasteiger partial charge in [0.05, 0.1) is 19.0 Å². The Hall–Kier alpha value is -3.35. The lowest BCUT2D eigenvalue weighted by atomic mass is 9.87. The van der Waals surface area contributed by atoms with E-state index >= 15 is 0 Å². The monoisotopic (exact) mass is 353 g/mol. The summed E-state index contributed by atoms with van der Waals surface area (Å²) in [5.41, 5.74) is 2.27. The summed E-state index contributed by atoms with van der Waals surface area (Å²) in [4.78, 5) is 12.3. The zero-order chi connectivity index (χ0) is 18.3. The molecule has 7 heteroatoms. The molecule has 26 heavy (non-hydrogen) atoms. The van der Waals surface area contributed by atoms with Crippen LogP contribution in [0.1, 0.15) is 23.5 Å². The number of amides is 1. The van der Waals surface area contributed by atoms with Crippen molar-refractivity contribution in [2.24, 2.45) is 0 Å². The highest BCUT2D eigenvalue weighted by Crippen LogP contribution is 2.40. The Morgan fingerprint density at radius 2 is 2.04 bits per heavy atom. The van der Waals surface area contributed by atoms with Crippen LogP contribution in [-0.2, 0) is 4.79 Å². The summed E-state index contributed by atoms with van der Waals surface area (Å²) in [6.45, 7) is 0. The number of hydrogen-bond acceptors (Lipinski definition) is 4. The first kappa shape index (κ1) is 16.1. The first-order chi connectivity index (χ1) is 12.6. The lowest BCUT2D eigenvalue weighted by Crippen LogP contribution is -2.24. The molecular weight excluding hydrogens is 337 g/mol. The fraction of sp³-hybridized carbons (Fsp3) is 0.158. The Kier molecular flexibility index (Phi) is 3.84. The summed E-state index contributed by atoms with van der Waals surface area (Å²) in [7, 11) is 1.48. The largest absolute Gasteiger partial charge is 0.504 e. The molecule has 1 aliphatic heterocycles. The molecule has 4 rings (SSSR count). The Morgan fingerprint density at radius 3 is 2.73 bits per heavy atom. The first-order valence-corrected chi connectivity index (χ1v) is 8.07. The topological polar surface area (TPSA) is 76.4 Å². The highest BCUT2D eigenvalue weighted by Gasteiger charge is 2.30. The van der Waals surface area contributed by atoms with Crippen LogP contribution in [-0.4, -0.2) is 27.9 Å². The van der Waals surface area contributed by atoms with E-state index < -0.39 is 0 Å². The summed E-state index contributed by atoms with van der Waals surface area (Å²) in [6.07, 6.45) is 1.93. The molecule has 1 aromatic heterocycles. The predicted molar refractivity (Wildman–Crippen MR) is 93.3 cm³/mol. The van der Waals surface area contributed by atoms with Gasteiger partial charge in [0.2, 0.25) is 5.91 Å². The molecule has 2 N–H and O–H groups in total. The van der Waals surface area contributed by atoms with Gasteiger partial charge >= 0.3 is 0 Å². The van der Waals surface area contributed by atoms with Gasteiger partial charge in [0, 0.05) is 17.9 Å². The van der Waals surface area contributed by atoms with Crippen molar-refractivity contribution in [2.45, 2.75) is 12.3 Å². The second-order valence-electron chi connectivity index (χ2n) is 6.07. The third-order valence-electron chi connectivity index (χ3n) is 4.50. The van der Waals surface area contributed by atoms with Gasteiger partial charge < -0.3 is 15.2 Å². The minimum atomic E-state index is -0.342. The summed E-state index contributed by atoms with van der Waals surface area (Å²) in [5, 5.41) is 17.3. The molecule has 0 saturated carbocycles. The van der Waals surface area contributed by atoms with E-state index in [0.717, 1.165) is 11.1 Å². The number of benzene rings is 2. The van der Waals surface area contributed by atoms with Crippen molar-refractivity contribution in [3.63, 3.8) is 0 Å². The van der Waals surface area contributed by atoms with Gasteiger partial charge in [0.15, 0.2) is 11.5 Å². The molecule has 0 spiro atoms. The molecule has 1 amide bonds. The average Bonchev–Trinajstić information content (AvgIpc) is 3.05. The van der Waals surface area contributed by atoms with Crippen molar-refractivity contribution in [3.05, 3.63) is 65.6 Å². The maximum absolute atomic E-state index is 13.2. The number of aromatic nitrogens is 2. The molecule has 1 unspecified atom stereocenters. The summed E-state index contributed by atoms with van der Waals surface area (Å²) in [6, 6.07) is 11.0. The van der Waals surface area contributed by atoms with Crippen LogP contribution in [0.15, 0.2) is 48.7 Å². The van der Waals surface area contributed by atoms with Gasteiger partial charge in [0.1, 0.15) is 11.6 Å². The van der Waals surface area contributed by atoms with Gasteiger partial charge in [-0.1, -0.05) is 6.07 Å². The molecule has 2 aromatic carbocycles. The SMILES string of the molecule is COc1ccc(C2CC(=O)Nc3c2cnn3-c2ccc(F)cc2)cc1O. The van der Waals surface area contributed by atoms with E-state index in [2.05, 4.69) is 10.4 Å².